The van der Waals surface area contributed by atoms with Gasteiger partial charge in [-0.05, 0) is 57.8 Å². The molecule has 6 nitrogen and oxygen atoms in total. The molecule has 0 rings (SSSR count). The summed E-state index contributed by atoms with van der Waals surface area (Å²) in [6.45, 7) is 6.56. The zero-order valence-electron chi connectivity index (χ0n) is 47.5. The van der Waals surface area contributed by atoms with E-state index in [1.54, 1.807) is 0 Å². The molecule has 0 aliphatic rings. The Bertz CT molecular complexity index is 1230. The molecule has 71 heavy (non-hydrogen) atoms. The number of hydrogen-bond acceptors (Lipinski definition) is 6. The van der Waals surface area contributed by atoms with Crippen LogP contribution in [0.3, 0.4) is 0 Å². The Hall–Kier alpha value is -2.63. The van der Waals surface area contributed by atoms with Gasteiger partial charge >= 0.3 is 17.9 Å². The molecule has 0 bridgehead atoms. The molecule has 0 aromatic heterocycles. The van der Waals surface area contributed by atoms with E-state index in [1.165, 1.54) is 205 Å². The number of allylic oxidation sites excluding steroid dienone is 8. The highest BCUT2D eigenvalue weighted by atomic mass is 16.6. The molecule has 0 saturated carbocycles. The van der Waals surface area contributed by atoms with Gasteiger partial charge in [0, 0.05) is 19.3 Å². The lowest BCUT2D eigenvalue weighted by Crippen LogP contribution is -2.30. The Kier molecular flexibility index (Phi) is 57.7. The van der Waals surface area contributed by atoms with Gasteiger partial charge in [0.25, 0.3) is 0 Å². The van der Waals surface area contributed by atoms with E-state index >= 15 is 0 Å². The van der Waals surface area contributed by atoms with Gasteiger partial charge in [-0.3, -0.25) is 14.4 Å². The van der Waals surface area contributed by atoms with Crippen molar-refractivity contribution in [3.63, 3.8) is 0 Å². The number of carbonyl (C=O) groups excluding carboxylic acids is 3. The number of carbonyl (C=O) groups is 3. The topological polar surface area (TPSA) is 78.9 Å². The summed E-state index contributed by atoms with van der Waals surface area (Å²) < 4.78 is 16.9. The molecular formula is C65H118O6. The van der Waals surface area contributed by atoms with Crippen molar-refractivity contribution in [2.75, 3.05) is 13.2 Å². The number of unbranched alkanes of at least 4 members (excludes halogenated alkanes) is 38. The van der Waals surface area contributed by atoms with E-state index in [4.69, 9.17) is 14.2 Å². The maximum Gasteiger partial charge on any atom is 0.306 e. The van der Waals surface area contributed by atoms with Crippen LogP contribution in [0, 0.1) is 0 Å². The minimum absolute atomic E-state index is 0.0683. The van der Waals surface area contributed by atoms with Crippen LogP contribution in [-0.4, -0.2) is 37.2 Å². The standard InChI is InChI=1S/C65H118O6/c1-4-7-10-13-16-19-21-23-25-27-29-30-31-32-33-34-36-37-39-41-43-46-49-52-55-58-64(67)70-61-62(60-69-63(66)57-54-51-48-45-18-15-12-9-6-3)71-65(68)59-56-53-50-47-44-42-40-38-35-28-26-24-22-20-17-14-11-8-5-2/h7,10,16,19,23,25,29-30,62H,4-6,8-9,11-15,17-18,20-22,24,26-28,31-61H2,1-3H3/b10-7-,19-16-,25-23-,30-29-. The SMILES string of the molecule is CC/C=C\C/C=C\C/C=C\C/C=C\CCCCCCCCCCCCCCC(=O)OCC(COC(=O)CCCCCCCCCCC)OC(=O)CCCCCCCCCCCCCCCCCCCCC. The lowest BCUT2D eigenvalue weighted by Gasteiger charge is -2.18. The molecule has 414 valence electrons. The quantitative estimate of drug-likeness (QED) is 0.0261. The van der Waals surface area contributed by atoms with Gasteiger partial charge < -0.3 is 14.2 Å². The number of hydrogen-bond donors (Lipinski definition) is 0. The smallest absolute Gasteiger partial charge is 0.306 e. The summed E-state index contributed by atoms with van der Waals surface area (Å²) in [5, 5.41) is 0. The van der Waals surface area contributed by atoms with Crippen LogP contribution in [0.15, 0.2) is 48.6 Å². The highest BCUT2D eigenvalue weighted by Gasteiger charge is 2.19. The Labute approximate surface area is 441 Å². The van der Waals surface area contributed by atoms with Gasteiger partial charge in [-0.25, -0.2) is 0 Å². The largest absolute Gasteiger partial charge is 0.462 e. The van der Waals surface area contributed by atoms with Crippen LogP contribution in [0.4, 0.5) is 0 Å². The molecule has 1 unspecified atom stereocenters. The molecule has 1 atom stereocenters. The average Bonchev–Trinajstić information content (AvgIpc) is 3.37. The fraction of sp³-hybridized carbons (Fsp3) is 0.831. The molecular weight excluding hydrogens is 877 g/mol. The van der Waals surface area contributed by atoms with Crippen LogP contribution in [0.2, 0.25) is 0 Å². The van der Waals surface area contributed by atoms with E-state index in [2.05, 4.69) is 69.4 Å². The molecule has 0 aromatic rings. The van der Waals surface area contributed by atoms with Crippen LogP contribution >= 0.6 is 0 Å². The summed E-state index contributed by atoms with van der Waals surface area (Å²) in [4.78, 5) is 38.1. The second kappa shape index (κ2) is 59.9. The molecule has 0 radical (unpaired) electrons. The maximum atomic E-state index is 12.9. The van der Waals surface area contributed by atoms with Crippen molar-refractivity contribution >= 4 is 17.9 Å². The fourth-order valence-corrected chi connectivity index (χ4v) is 9.20. The van der Waals surface area contributed by atoms with Crippen LogP contribution < -0.4 is 0 Å². The first-order valence-corrected chi connectivity index (χ1v) is 31.1. The molecule has 0 heterocycles. The molecule has 0 saturated heterocycles. The van der Waals surface area contributed by atoms with Crippen molar-refractivity contribution in [2.45, 2.75) is 335 Å². The van der Waals surface area contributed by atoms with Gasteiger partial charge in [0.1, 0.15) is 13.2 Å². The minimum atomic E-state index is -0.769. The first-order chi connectivity index (χ1) is 35.0. The van der Waals surface area contributed by atoms with Crippen molar-refractivity contribution in [2.24, 2.45) is 0 Å². The van der Waals surface area contributed by atoms with Crippen molar-refractivity contribution in [3.05, 3.63) is 48.6 Å². The Balaban J connectivity index is 4.18. The highest BCUT2D eigenvalue weighted by Crippen LogP contribution is 2.17. The van der Waals surface area contributed by atoms with E-state index in [0.717, 1.165) is 83.5 Å². The summed E-state index contributed by atoms with van der Waals surface area (Å²) in [5.74, 6) is -0.853. The second-order valence-corrected chi connectivity index (χ2v) is 21.0. The highest BCUT2D eigenvalue weighted by molar-refractivity contribution is 5.71. The molecule has 0 N–H and O–H groups in total. The molecule has 0 aliphatic heterocycles. The molecule has 6 heteroatoms. The Morgan fingerprint density at radius 1 is 0.296 bits per heavy atom. The predicted molar refractivity (Wildman–Crippen MR) is 307 cm³/mol. The summed E-state index contributed by atoms with van der Waals surface area (Å²) in [7, 11) is 0. The van der Waals surface area contributed by atoms with Crippen LogP contribution in [0.1, 0.15) is 329 Å². The summed E-state index contributed by atoms with van der Waals surface area (Å²) in [5.41, 5.74) is 0. The van der Waals surface area contributed by atoms with Crippen molar-refractivity contribution in [1.29, 1.82) is 0 Å². The van der Waals surface area contributed by atoms with Crippen LogP contribution in [0.25, 0.3) is 0 Å². The van der Waals surface area contributed by atoms with Crippen molar-refractivity contribution in [1.82, 2.24) is 0 Å². The minimum Gasteiger partial charge on any atom is -0.462 e. The summed E-state index contributed by atoms with van der Waals surface area (Å²) in [6.07, 6.45) is 74.1. The zero-order chi connectivity index (χ0) is 51.4. The summed E-state index contributed by atoms with van der Waals surface area (Å²) >= 11 is 0. The monoisotopic (exact) mass is 995 g/mol. The van der Waals surface area contributed by atoms with Gasteiger partial charge in [-0.15, -0.1) is 0 Å². The molecule has 0 aromatic carbocycles. The first-order valence-electron chi connectivity index (χ1n) is 31.1. The van der Waals surface area contributed by atoms with E-state index in [1.807, 2.05) is 0 Å². The lowest BCUT2D eigenvalue weighted by atomic mass is 10.0. The predicted octanol–water partition coefficient (Wildman–Crippen LogP) is 21.0. The van der Waals surface area contributed by atoms with E-state index in [-0.39, 0.29) is 31.1 Å². The van der Waals surface area contributed by atoms with Crippen LogP contribution in [-0.2, 0) is 28.6 Å². The average molecular weight is 996 g/mol. The first kappa shape index (κ1) is 68.4. The molecule has 0 amide bonds. The van der Waals surface area contributed by atoms with Crippen LogP contribution in [0.5, 0.6) is 0 Å². The van der Waals surface area contributed by atoms with E-state index in [0.29, 0.717) is 19.3 Å². The molecule has 0 spiro atoms. The summed E-state index contributed by atoms with van der Waals surface area (Å²) in [6, 6.07) is 0. The number of esters is 3. The zero-order valence-corrected chi connectivity index (χ0v) is 47.5. The molecule has 0 aliphatic carbocycles. The van der Waals surface area contributed by atoms with Gasteiger partial charge in [-0.1, -0.05) is 301 Å². The lowest BCUT2D eigenvalue weighted by molar-refractivity contribution is -0.167. The third-order valence-electron chi connectivity index (χ3n) is 13.8. The molecule has 0 fully saturated rings. The van der Waals surface area contributed by atoms with Crippen molar-refractivity contribution < 1.29 is 28.6 Å². The normalized spacial score (nSPS) is 12.3. The Morgan fingerprint density at radius 3 is 0.859 bits per heavy atom. The van der Waals surface area contributed by atoms with Gasteiger partial charge in [-0.2, -0.15) is 0 Å². The van der Waals surface area contributed by atoms with E-state index in [9.17, 15) is 14.4 Å². The van der Waals surface area contributed by atoms with E-state index < -0.39 is 6.10 Å². The van der Waals surface area contributed by atoms with Gasteiger partial charge in [0.15, 0.2) is 6.10 Å². The maximum absolute atomic E-state index is 12.9. The third-order valence-corrected chi connectivity index (χ3v) is 13.8. The fourth-order valence-electron chi connectivity index (χ4n) is 9.20. The number of rotatable bonds is 57. The van der Waals surface area contributed by atoms with Crippen molar-refractivity contribution in [3.8, 4) is 0 Å². The van der Waals surface area contributed by atoms with Gasteiger partial charge in [0.2, 0.25) is 0 Å². The second-order valence-electron chi connectivity index (χ2n) is 21.0. The number of ether oxygens (including phenoxy) is 3. The third kappa shape index (κ3) is 58.1. The van der Waals surface area contributed by atoms with Gasteiger partial charge in [0.05, 0.1) is 0 Å². The Morgan fingerprint density at radius 2 is 0.549 bits per heavy atom.